The zero-order chi connectivity index (χ0) is 31.8. The maximum atomic E-state index is 13.6. The molecule has 0 aliphatic carbocycles. The third-order valence-corrected chi connectivity index (χ3v) is 9.34. The van der Waals surface area contributed by atoms with Gasteiger partial charge in [0.25, 0.3) is 0 Å². The highest BCUT2D eigenvalue weighted by atomic mass is 16.3. The fourth-order valence-corrected chi connectivity index (χ4v) is 7.22. The lowest BCUT2D eigenvalue weighted by Gasteiger charge is -2.26. The minimum atomic E-state index is -0.0735. The smallest absolute Gasteiger partial charge is 0.200 e. The van der Waals surface area contributed by atoms with Crippen LogP contribution in [0.2, 0.25) is 0 Å². The molecule has 0 unspecified atom stereocenters. The van der Waals surface area contributed by atoms with E-state index in [4.69, 9.17) is 8.83 Å². The van der Waals surface area contributed by atoms with Gasteiger partial charge in [0.1, 0.15) is 16.7 Å². The molecule has 0 atom stereocenters. The summed E-state index contributed by atoms with van der Waals surface area (Å²) in [7, 11) is 0. The minimum Gasteiger partial charge on any atom is -0.456 e. The molecule has 48 heavy (non-hydrogen) atoms. The summed E-state index contributed by atoms with van der Waals surface area (Å²) in [5, 5.41) is 5.22. The van der Waals surface area contributed by atoms with Gasteiger partial charge in [-0.15, -0.1) is 0 Å². The van der Waals surface area contributed by atoms with Gasteiger partial charge in [-0.25, -0.2) is 0 Å². The summed E-state index contributed by atoms with van der Waals surface area (Å²) in [6.45, 7) is 0. The van der Waals surface area contributed by atoms with Crippen LogP contribution in [-0.2, 0) is 0 Å². The van der Waals surface area contributed by atoms with Crippen LogP contribution in [0.5, 0.6) is 0 Å². The van der Waals surface area contributed by atoms with E-state index in [9.17, 15) is 4.79 Å². The van der Waals surface area contributed by atoms with Crippen molar-refractivity contribution in [2.24, 2.45) is 0 Å². The molecule has 7 aromatic carbocycles. The Morgan fingerprint density at radius 1 is 0.438 bits per heavy atom. The zero-order valence-corrected chi connectivity index (χ0v) is 25.6. The van der Waals surface area contributed by atoms with E-state index in [1.807, 2.05) is 66.7 Å². The second-order valence-electron chi connectivity index (χ2n) is 12.1. The maximum Gasteiger partial charge on any atom is 0.200 e. The Kier molecular flexibility index (Phi) is 5.66. The van der Waals surface area contributed by atoms with Crippen molar-refractivity contribution < 1.29 is 8.83 Å². The van der Waals surface area contributed by atoms with Crippen LogP contribution in [0.25, 0.3) is 71.4 Å². The van der Waals surface area contributed by atoms with Crippen molar-refractivity contribution in [3.8, 4) is 5.69 Å². The molecule has 0 spiro atoms. The van der Waals surface area contributed by atoms with Crippen LogP contribution in [0.3, 0.4) is 0 Å². The molecule has 0 aliphatic rings. The van der Waals surface area contributed by atoms with Crippen molar-refractivity contribution in [2.75, 3.05) is 4.90 Å². The van der Waals surface area contributed by atoms with Gasteiger partial charge in [0, 0.05) is 38.6 Å². The number of hydrogen-bond acceptors (Lipinski definition) is 4. The number of benzene rings is 7. The molecule has 0 bridgehead atoms. The Balaban J connectivity index is 1.37. The molecule has 3 aromatic heterocycles. The Morgan fingerprint density at radius 2 is 0.979 bits per heavy atom. The van der Waals surface area contributed by atoms with E-state index in [1.54, 1.807) is 6.07 Å². The van der Waals surface area contributed by atoms with Gasteiger partial charge in [0.05, 0.1) is 27.5 Å². The average molecular weight is 619 g/mol. The average Bonchev–Trinajstić information content (AvgIpc) is 3.67. The van der Waals surface area contributed by atoms with Gasteiger partial charge >= 0.3 is 0 Å². The van der Waals surface area contributed by atoms with Crippen LogP contribution in [0.15, 0.2) is 171 Å². The molecule has 0 saturated heterocycles. The summed E-state index contributed by atoms with van der Waals surface area (Å²) in [6, 6.07) is 53.3. The number of aromatic nitrogens is 1. The first kappa shape index (κ1) is 26.6. The molecular formula is C43H26N2O3. The van der Waals surface area contributed by atoms with E-state index in [1.165, 1.54) is 10.8 Å². The third kappa shape index (κ3) is 3.88. The maximum absolute atomic E-state index is 13.6. The second kappa shape index (κ2) is 10.2. The van der Waals surface area contributed by atoms with Crippen LogP contribution in [-0.4, -0.2) is 4.57 Å². The molecule has 0 N–H and O–H groups in total. The highest BCUT2D eigenvalue weighted by molar-refractivity contribution is 6.15. The predicted octanol–water partition coefficient (Wildman–Crippen LogP) is 11.4. The van der Waals surface area contributed by atoms with Gasteiger partial charge in [0.15, 0.2) is 5.58 Å². The Morgan fingerprint density at radius 3 is 1.65 bits per heavy atom. The summed E-state index contributed by atoms with van der Waals surface area (Å²) in [6.07, 6.45) is 0. The largest absolute Gasteiger partial charge is 0.456 e. The standard InChI is InChI=1S/C43H26N2O3/c46-42-32-19-9-12-22-39(32)47-41-25-33-34-23-29(45-36-20-10-7-17-30(36)31-18-8-11-21-37(31)45)24-38(43(34)48-40(33)26-35(41)42)44(27-13-3-1-4-14-27)28-15-5-2-6-16-28/h1-26H. The molecule has 5 heteroatoms. The van der Waals surface area contributed by atoms with Crippen molar-refractivity contribution >= 4 is 82.7 Å². The lowest BCUT2D eigenvalue weighted by Crippen LogP contribution is -2.10. The number of rotatable bonds is 4. The van der Waals surface area contributed by atoms with Crippen molar-refractivity contribution in [3.63, 3.8) is 0 Å². The zero-order valence-electron chi connectivity index (χ0n) is 25.6. The van der Waals surface area contributed by atoms with Crippen molar-refractivity contribution in [3.05, 3.63) is 168 Å². The number of nitrogens with zero attached hydrogens (tertiary/aromatic N) is 2. The van der Waals surface area contributed by atoms with Crippen molar-refractivity contribution in [2.45, 2.75) is 0 Å². The molecule has 3 heterocycles. The number of fused-ring (bicyclic) bond motifs is 8. The van der Waals surface area contributed by atoms with Gasteiger partial charge in [-0.1, -0.05) is 84.9 Å². The van der Waals surface area contributed by atoms with Crippen LogP contribution >= 0.6 is 0 Å². The molecule has 10 aromatic rings. The van der Waals surface area contributed by atoms with E-state index in [0.29, 0.717) is 27.5 Å². The van der Waals surface area contributed by atoms with Gasteiger partial charge in [-0.05, 0) is 72.8 Å². The fraction of sp³-hybridized carbons (Fsp3) is 0. The van der Waals surface area contributed by atoms with E-state index in [-0.39, 0.29) is 5.43 Å². The van der Waals surface area contributed by atoms with Crippen molar-refractivity contribution in [1.29, 1.82) is 0 Å². The molecule has 0 saturated carbocycles. The van der Waals surface area contributed by atoms with Gasteiger partial charge in [0.2, 0.25) is 5.43 Å². The SMILES string of the molecule is O=c1c2ccccc2oc2cc3c(cc12)oc1c(N(c2ccccc2)c2ccccc2)cc(-n2c4ccccc4c4ccccc42)cc13. The Hall–Kier alpha value is -6.59. The highest BCUT2D eigenvalue weighted by Gasteiger charge is 2.23. The number of anilines is 3. The summed E-state index contributed by atoms with van der Waals surface area (Å²) in [4.78, 5) is 15.9. The van der Waals surface area contributed by atoms with Gasteiger partial charge in [-0.3, -0.25) is 4.79 Å². The number of hydrogen-bond donors (Lipinski definition) is 0. The lowest BCUT2D eigenvalue weighted by molar-refractivity contribution is 0.657. The van der Waals surface area contributed by atoms with Gasteiger partial charge < -0.3 is 18.3 Å². The van der Waals surface area contributed by atoms with E-state index in [0.717, 1.165) is 50.1 Å². The molecule has 0 fully saturated rings. The first-order valence-corrected chi connectivity index (χ1v) is 16.0. The number of furan rings is 1. The predicted molar refractivity (Wildman–Crippen MR) is 196 cm³/mol. The second-order valence-corrected chi connectivity index (χ2v) is 12.1. The summed E-state index contributed by atoms with van der Waals surface area (Å²) in [5.41, 5.74) is 8.47. The van der Waals surface area contributed by atoms with Crippen LogP contribution in [0.4, 0.5) is 17.1 Å². The molecular weight excluding hydrogens is 592 g/mol. The first-order chi connectivity index (χ1) is 23.7. The molecule has 226 valence electrons. The Bertz CT molecular complexity index is 2830. The van der Waals surface area contributed by atoms with Crippen LogP contribution in [0.1, 0.15) is 0 Å². The fourth-order valence-electron chi connectivity index (χ4n) is 7.22. The van der Waals surface area contributed by atoms with Crippen molar-refractivity contribution in [1.82, 2.24) is 4.57 Å². The Labute approximate surface area is 274 Å². The van der Waals surface area contributed by atoms with E-state index >= 15 is 0 Å². The quantitative estimate of drug-likeness (QED) is 0.184. The van der Waals surface area contributed by atoms with Crippen LogP contribution in [0, 0.1) is 0 Å². The minimum absolute atomic E-state index is 0.0735. The first-order valence-electron chi connectivity index (χ1n) is 16.0. The lowest BCUT2D eigenvalue weighted by atomic mass is 10.1. The van der Waals surface area contributed by atoms with E-state index < -0.39 is 0 Å². The monoisotopic (exact) mass is 618 g/mol. The van der Waals surface area contributed by atoms with E-state index in [2.05, 4.69) is 94.4 Å². The topological polar surface area (TPSA) is 51.5 Å². The van der Waals surface area contributed by atoms with Gasteiger partial charge in [-0.2, -0.15) is 0 Å². The summed E-state index contributed by atoms with van der Waals surface area (Å²) >= 11 is 0. The molecule has 10 rings (SSSR count). The molecule has 0 aliphatic heterocycles. The molecule has 5 nitrogen and oxygen atoms in total. The molecule has 0 radical (unpaired) electrons. The third-order valence-electron chi connectivity index (χ3n) is 9.34. The van der Waals surface area contributed by atoms with Crippen LogP contribution < -0.4 is 10.3 Å². The highest BCUT2D eigenvalue weighted by Crippen LogP contribution is 2.45. The summed E-state index contributed by atoms with van der Waals surface area (Å²) < 4.78 is 15.5. The normalized spacial score (nSPS) is 11.8. The molecule has 0 amide bonds. The number of para-hydroxylation sites is 5. The summed E-state index contributed by atoms with van der Waals surface area (Å²) in [5.74, 6) is 0.